The molecule has 1 saturated heterocycles. The molecule has 0 spiro atoms. The van der Waals surface area contributed by atoms with E-state index in [1.165, 1.54) is 0 Å². The molecular formula is C13H22N2O4. The third kappa shape index (κ3) is 5.72. The molecule has 1 heterocycles. The van der Waals surface area contributed by atoms with Gasteiger partial charge in [0.05, 0.1) is 13.0 Å². The lowest BCUT2D eigenvalue weighted by atomic mass is 10.0. The number of amides is 2. The minimum Gasteiger partial charge on any atom is -0.466 e. The Morgan fingerprint density at radius 1 is 1.21 bits per heavy atom. The van der Waals surface area contributed by atoms with Crippen LogP contribution in [0.15, 0.2) is 0 Å². The summed E-state index contributed by atoms with van der Waals surface area (Å²) >= 11 is 0. The Hall–Kier alpha value is -1.59. The first-order valence-corrected chi connectivity index (χ1v) is 6.73. The second-order valence-electron chi connectivity index (χ2n) is 4.65. The van der Waals surface area contributed by atoms with Crippen molar-refractivity contribution < 1.29 is 19.1 Å². The number of nitrogens with zero attached hydrogens (tertiary/aromatic N) is 1. The fourth-order valence-electron chi connectivity index (χ4n) is 2.09. The quantitative estimate of drug-likeness (QED) is 0.736. The zero-order valence-corrected chi connectivity index (χ0v) is 11.6. The second-order valence-corrected chi connectivity index (χ2v) is 4.65. The Balaban J connectivity index is 2.20. The van der Waals surface area contributed by atoms with Gasteiger partial charge in [-0.15, -0.1) is 0 Å². The van der Waals surface area contributed by atoms with Crippen LogP contribution < -0.4 is 5.32 Å². The number of hydrogen-bond donors (Lipinski definition) is 1. The van der Waals surface area contributed by atoms with Crippen molar-refractivity contribution in [3.63, 3.8) is 0 Å². The van der Waals surface area contributed by atoms with E-state index in [0.717, 1.165) is 12.8 Å². The van der Waals surface area contributed by atoms with Crippen molar-refractivity contribution in [2.75, 3.05) is 19.7 Å². The number of nitrogens with one attached hydrogen (secondary N) is 1. The molecule has 1 N–H and O–H groups in total. The maximum absolute atomic E-state index is 11.6. The van der Waals surface area contributed by atoms with Gasteiger partial charge in [-0.1, -0.05) is 0 Å². The summed E-state index contributed by atoms with van der Waals surface area (Å²) in [5.74, 6) is -0.398. The molecule has 0 aromatic carbocycles. The van der Waals surface area contributed by atoms with Crippen LogP contribution in [-0.2, 0) is 19.1 Å². The predicted octanol–water partition coefficient (Wildman–Crippen LogP) is 0.457. The first kappa shape index (κ1) is 15.5. The number of rotatable bonds is 5. The molecule has 6 nitrogen and oxygen atoms in total. The van der Waals surface area contributed by atoms with Crippen molar-refractivity contribution in [1.82, 2.24) is 10.2 Å². The molecule has 2 amide bonds. The molecule has 0 unspecified atom stereocenters. The Kier molecular flexibility index (Phi) is 6.32. The Morgan fingerprint density at radius 3 is 2.37 bits per heavy atom. The highest BCUT2D eigenvalue weighted by Crippen LogP contribution is 2.10. The monoisotopic (exact) mass is 270 g/mol. The van der Waals surface area contributed by atoms with Crippen LogP contribution in [0.1, 0.15) is 39.5 Å². The summed E-state index contributed by atoms with van der Waals surface area (Å²) in [7, 11) is 0. The minimum absolute atomic E-state index is 0.0760. The highest BCUT2D eigenvalue weighted by molar-refractivity contribution is 5.81. The SMILES string of the molecule is CCOC(=O)CCC(=O)NC1CCN(C(C)=O)CC1. The number of ether oxygens (including phenoxy) is 1. The van der Waals surface area contributed by atoms with Gasteiger partial charge in [0.2, 0.25) is 11.8 Å². The van der Waals surface area contributed by atoms with Gasteiger partial charge >= 0.3 is 5.97 Å². The van der Waals surface area contributed by atoms with E-state index in [4.69, 9.17) is 4.74 Å². The van der Waals surface area contributed by atoms with E-state index in [1.54, 1.807) is 18.7 Å². The predicted molar refractivity (Wildman–Crippen MR) is 69.3 cm³/mol. The van der Waals surface area contributed by atoms with Crippen molar-refractivity contribution >= 4 is 17.8 Å². The van der Waals surface area contributed by atoms with Gasteiger partial charge in [-0.2, -0.15) is 0 Å². The molecule has 0 aliphatic carbocycles. The number of esters is 1. The highest BCUT2D eigenvalue weighted by Gasteiger charge is 2.21. The van der Waals surface area contributed by atoms with Crippen molar-refractivity contribution in [2.45, 2.75) is 45.6 Å². The van der Waals surface area contributed by atoms with Crippen molar-refractivity contribution in [2.24, 2.45) is 0 Å². The smallest absolute Gasteiger partial charge is 0.306 e. The van der Waals surface area contributed by atoms with Crippen LogP contribution in [0.2, 0.25) is 0 Å². The van der Waals surface area contributed by atoms with Crippen LogP contribution >= 0.6 is 0 Å². The van der Waals surface area contributed by atoms with E-state index in [2.05, 4.69) is 5.32 Å². The van der Waals surface area contributed by atoms with Crippen molar-refractivity contribution in [3.05, 3.63) is 0 Å². The lowest BCUT2D eigenvalue weighted by Crippen LogP contribution is -2.46. The molecule has 19 heavy (non-hydrogen) atoms. The number of hydrogen-bond acceptors (Lipinski definition) is 4. The largest absolute Gasteiger partial charge is 0.466 e. The molecule has 0 saturated carbocycles. The summed E-state index contributed by atoms with van der Waals surface area (Å²) in [4.78, 5) is 35.7. The summed E-state index contributed by atoms with van der Waals surface area (Å²) in [5, 5.41) is 2.89. The molecule has 1 rings (SSSR count). The van der Waals surface area contributed by atoms with E-state index < -0.39 is 0 Å². The topological polar surface area (TPSA) is 75.7 Å². The summed E-state index contributed by atoms with van der Waals surface area (Å²) in [6.45, 7) is 4.99. The molecule has 0 aromatic heterocycles. The molecule has 0 aromatic rings. The normalized spacial score (nSPS) is 16.0. The summed E-state index contributed by atoms with van der Waals surface area (Å²) < 4.78 is 4.76. The fourth-order valence-corrected chi connectivity index (χ4v) is 2.09. The number of carbonyl (C=O) groups is 3. The summed E-state index contributed by atoms with van der Waals surface area (Å²) in [6, 6.07) is 0.102. The van der Waals surface area contributed by atoms with Crippen LogP contribution in [0.3, 0.4) is 0 Å². The van der Waals surface area contributed by atoms with Crippen LogP contribution in [-0.4, -0.2) is 48.4 Å². The van der Waals surface area contributed by atoms with Gasteiger partial charge in [-0.3, -0.25) is 14.4 Å². The molecule has 1 aliphatic rings. The Morgan fingerprint density at radius 2 is 1.84 bits per heavy atom. The van der Waals surface area contributed by atoms with Crippen LogP contribution in [0, 0.1) is 0 Å². The molecule has 1 aliphatic heterocycles. The van der Waals surface area contributed by atoms with E-state index in [-0.39, 0.29) is 36.7 Å². The Bertz CT molecular complexity index is 336. The van der Waals surface area contributed by atoms with E-state index in [0.29, 0.717) is 19.7 Å². The molecule has 1 fully saturated rings. The third-order valence-corrected chi connectivity index (χ3v) is 3.17. The zero-order valence-electron chi connectivity index (χ0n) is 11.6. The van der Waals surface area contributed by atoms with Crippen molar-refractivity contribution in [1.29, 1.82) is 0 Å². The maximum Gasteiger partial charge on any atom is 0.306 e. The highest BCUT2D eigenvalue weighted by atomic mass is 16.5. The number of piperidine rings is 1. The van der Waals surface area contributed by atoms with E-state index in [9.17, 15) is 14.4 Å². The average molecular weight is 270 g/mol. The molecular weight excluding hydrogens is 248 g/mol. The zero-order chi connectivity index (χ0) is 14.3. The lowest BCUT2D eigenvalue weighted by Gasteiger charge is -2.31. The number of carbonyl (C=O) groups excluding carboxylic acids is 3. The minimum atomic E-state index is -0.343. The molecule has 108 valence electrons. The van der Waals surface area contributed by atoms with Gasteiger partial charge in [-0.25, -0.2) is 0 Å². The van der Waals surface area contributed by atoms with Gasteiger partial charge < -0.3 is 15.0 Å². The van der Waals surface area contributed by atoms with Gasteiger partial charge in [0, 0.05) is 32.5 Å². The van der Waals surface area contributed by atoms with E-state index >= 15 is 0 Å². The fraction of sp³-hybridized carbons (Fsp3) is 0.769. The standard InChI is InChI=1S/C13H22N2O4/c1-3-19-13(18)5-4-12(17)14-11-6-8-15(9-7-11)10(2)16/h11H,3-9H2,1-2H3,(H,14,17). The number of likely N-dealkylation sites (tertiary alicyclic amines) is 1. The maximum atomic E-state index is 11.6. The first-order valence-electron chi connectivity index (χ1n) is 6.73. The average Bonchev–Trinajstić information content (AvgIpc) is 2.37. The second kappa shape index (κ2) is 7.76. The van der Waals surface area contributed by atoms with Crippen molar-refractivity contribution in [3.8, 4) is 0 Å². The summed E-state index contributed by atoms with van der Waals surface area (Å²) in [6.07, 6.45) is 1.81. The first-order chi connectivity index (χ1) is 9.02. The van der Waals surface area contributed by atoms with Gasteiger partial charge in [-0.05, 0) is 19.8 Å². The molecule has 0 atom stereocenters. The van der Waals surface area contributed by atoms with Crippen LogP contribution in [0.4, 0.5) is 0 Å². The van der Waals surface area contributed by atoms with Crippen LogP contribution in [0.25, 0.3) is 0 Å². The van der Waals surface area contributed by atoms with Gasteiger partial charge in [0.1, 0.15) is 0 Å². The molecule has 0 bridgehead atoms. The van der Waals surface area contributed by atoms with Gasteiger partial charge in [0.25, 0.3) is 0 Å². The van der Waals surface area contributed by atoms with Crippen LogP contribution in [0.5, 0.6) is 0 Å². The van der Waals surface area contributed by atoms with E-state index in [1.807, 2.05) is 0 Å². The Labute approximate surface area is 113 Å². The lowest BCUT2D eigenvalue weighted by molar-refractivity contribution is -0.144. The summed E-state index contributed by atoms with van der Waals surface area (Å²) in [5.41, 5.74) is 0. The van der Waals surface area contributed by atoms with Gasteiger partial charge in [0.15, 0.2) is 0 Å². The molecule has 0 radical (unpaired) electrons. The third-order valence-electron chi connectivity index (χ3n) is 3.17. The molecule has 6 heteroatoms.